The molecule has 222 valence electrons. The molecule has 0 spiro atoms. The molecular formula is C31H38ClNO6S2. The van der Waals surface area contributed by atoms with Crippen LogP contribution in [0.4, 0.5) is 0 Å². The Balaban J connectivity index is 1.47. The van der Waals surface area contributed by atoms with E-state index in [1.807, 2.05) is 55.5 Å². The van der Waals surface area contributed by atoms with E-state index in [2.05, 4.69) is 4.72 Å². The minimum Gasteiger partial charge on any atom is -0.459 e. The molecule has 5 unspecified atom stereocenters. The standard InChI is InChI=1S/C31H38ClNO6S2/c1-21-18-25(22-13-15-24(32)16-14-22)40-27(21)41(35,36)33-31(28(34)39-29(2,3)4)19-30(31,23-10-6-5-7-11-23)20-38-26-12-8-9-17-37-26/h5-7,10-11,13-16,18,21,26-27,33H,8-9,12,17,19-20H2,1-4H3. The monoisotopic (exact) mass is 619 g/mol. The van der Waals surface area contributed by atoms with Crippen LogP contribution >= 0.6 is 23.4 Å². The van der Waals surface area contributed by atoms with E-state index in [9.17, 15) is 13.2 Å². The van der Waals surface area contributed by atoms with Gasteiger partial charge in [0.15, 0.2) is 6.29 Å². The molecule has 1 saturated heterocycles. The lowest BCUT2D eigenvalue weighted by Crippen LogP contribution is -2.54. The van der Waals surface area contributed by atoms with Gasteiger partial charge in [-0.2, -0.15) is 4.72 Å². The van der Waals surface area contributed by atoms with Crippen LogP contribution in [0.1, 0.15) is 64.5 Å². The summed E-state index contributed by atoms with van der Waals surface area (Å²) in [6.45, 7) is 7.95. The maximum absolute atomic E-state index is 14.2. The van der Waals surface area contributed by atoms with Gasteiger partial charge in [0.25, 0.3) is 0 Å². The topological polar surface area (TPSA) is 90.9 Å². The molecule has 0 radical (unpaired) electrons. The first-order chi connectivity index (χ1) is 19.4. The molecule has 1 saturated carbocycles. The Morgan fingerprint density at radius 1 is 1.12 bits per heavy atom. The molecule has 41 heavy (non-hydrogen) atoms. The van der Waals surface area contributed by atoms with Gasteiger partial charge in [-0.05, 0) is 69.7 Å². The van der Waals surface area contributed by atoms with Crippen LogP contribution in [0.2, 0.25) is 5.02 Å². The summed E-state index contributed by atoms with van der Waals surface area (Å²) < 4.78 is 48.3. The summed E-state index contributed by atoms with van der Waals surface area (Å²) in [7, 11) is -4.03. The number of rotatable bonds is 9. The molecular weight excluding hydrogens is 582 g/mol. The molecule has 3 aliphatic rings. The molecule has 1 N–H and O–H groups in total. The van der Waals surface area contributed by atoms with Crippen LogP contribution in [0.5, 0.6) is 0 Å². The number of carbonyl (C=O) groups is 1. The highest BCUT2D eigenvalue weighted by Crippen LogP contribution is 2.60. The molecule has 2 aromatic carbocycles. The van der Waals surface area contributed by atoms with Crippen molar-refractivity contribution in [2.45, 2.75) is 80.8 Å². The number of ether oxygens (including phenoxy) is 3. The van der Waals surface area contributed by atoms with Crippen molar-refractivity contribution in [3.8, 4) is 0 Å². The molecule has 2 heterocycles. The normalized spacial score (nSPS) is 30.1. The number of nitrogens with one attached hydrogen (secondary N) is 1. The highest BCUT2D eigenvalue weighted by atomic mass is 35.5. The van der Waals surface area contributed by atoms with Crippen molar-refractivity contribution in [1.82, 2.24) is 4.72 Å². The Morgan fingerprint density at radius 2 is 1.83 bits per heavy atom. The van der Waals surface area contributed by atoms with Crippen molar-refractivity contribution in [3.05, 3.63) is 76.8 Å². The van der Waals surface area contributed by atoms with Crippen molar-refractivity contribution in [2.75, 3.05) is 13.2 Å². The third-order valence-electron chi connectivity index (χ3n) is 7.82. The number of thioether (sulfide) groups is 1. The number of carbonyl (C=O) groups excluding carboxylic acids is 1. The van der Waals surface area contributed by atoms with Crippen molar-refractivity contribution >= 4 is 44.3 Å². The van der Waals surface area contributed by atoms with Crippen molar-refractivity contribution in [2.24, 2.45) is 5.92 Å². The Bertz CT molecular complexity index is 1390. The molecule has 7 nitrogen and oxygen atoms in total. The predicted molar refractivity (Wildman–Crippen MR) is 163 cm³/mol. The average molecular weight is 620 g/mol. The highest BCUT2D eigenvalue weighted by Gasteiger charge is 2.76. The Kier molecular flexibility index (Phi) is 8.69. The zero-order valence-corrected chi connectivity index (χ0v) is 26.3. The van der Waals surface area contributed by atoms with Crippen LogP contribution in [0.15, 0.2) is 60.7 Å². The highest BCUT2D eigenvalue weighted by molar-refractivity contribution is 8.18. The summed E-state index contributed by atoms with van der Waals surface area (Å²) in [4.78, 5) is 14.9. The van der Waals surface area contributed by atoms with Gasteiger partial charge >= 0.3 is 5.97 Å². The molecule has 10 heteroatoms. The Labute approximate surface area is 252 Å². The lowest BCUT2D eigenvalue weighted by atomic mass is 9.91. The van der Waals surface area contributed by atoms with Gasteiger partial charge in [0.05, 0.1) is 12.0 Å². The van der Waals surface area contributed by atoms with Crippen LogP contribution < -0.4 is 4.72 Å². The SMILES string of the molecule is CC1C=C(c2ccc(Cl)cc2)SC1S(=O)(=O)NC1(C(=O)OC(C)(C)C)CC1(COC1CCCCO1)c1ccccc1. The summed E-state index contributed by atoms with van der Waals surface area (Å²) in [6, 6.07) is 16.8. The van der Waals surface area contributed by atoms with Gasteiger partial charge in [0, 0.05) is 22.5 Å². The van der Waals surface area contributed by atoms with E-state index in [-0.39, 0.29) is 18.9 Å². The molecule has 1 aliphatic carbocycles. The fraction of sp³-hybridized carbons (Fsp3) is 0.516. The molecule has 0 aromatic heterocycles. The van der Waals surface area contributed by atoms with Crippen LogP contribution in [0, 0.1) is 5.92 Å². The number of allylic oxidation sites excluding steroid dienone is 1. The fourth-order valence-electron chi connectivity index (χ4n) is 5.67. The van der Waals surface area contributed by atoms with Crippen LogP contribution in [-0.4, -0.2) is 49.6 Å². The maximum Gasteiger partial charge on any atom is 0.328 e. The zero-order chi connectivity index (χ0) is 29.5. The number of esters is 1. The third-order valence-corrected chi connectivity index (χ3v) is 12.1. The van der Waals surface area contributed by atoms with Gasteiger partial charge in [-0.3, -0.25) is 0 Å². The van der Waals surface area contributed by atoms with E-state index >= 15 is 0 Å². The maximum atomic E-state index is 14.2. The quantitative estimate of drug-likeness (QED) is 0.331. The van der Waals surface area contributed by atoms with Gasteiger partial charge in [0.2, 0.25) is 10.0 Å². The van der Waals surface area contributed by atoms with Gasteiger partial charge < -0.3 is 14.2 Å². The second-order valence-corrected chi connectivity index (χ2v) is 15.9. The summed E-state index contributed by atoms with van der Waals surface area (Å²) in [5.41, 5.74) is -1.58. The van der Waals surface area contributed by atoms with E-state index in [0.29, 0.717) is 11.6 Å². The summed E-state index contributed by atoms with van der Waals surface area (Å²) >= 11 is 7.34. The summed E-state index contributed by atoms with van der Waals surface area (Å²) in [6.07, 6.45) is 4.51. The van der Waals surface area contributed by atoms with E-state index in [0.717, 1.165) is 35.3 Å². The fourth-order valence-corrected chi connectivity index (χ4v) is 9.47. The van der Waals surface area contributed by atoms with Crippen molar-refractivity contribution in [3.63, 3.8) is 0 Å². The smallest absolute Gasteiger partial charge is 0.328 e. The Morgan fingerprint density at radius 3 is 2.46 bits per heavy atom. The second kappa shape index (κ2) is 11.7. The minimum absolute atomic E-state index is 0.116. The lowest BCUT2D eigenvalue weighted by molar-refractivity contribution is -0.171. The van der Waals surface area contributed by atoms with E-state index in [4.69, 9.17) is 25.8 Å². The molecule has 2 aliphatic heterocycles. The van der Waals surface area contributed by atoms with Crippen molar-refractivity contribution in [1.29, 1.82) is 0 Å². The Hall–Kier alpha value is -1.88. The number of hydrogen-bond donors (Lipinski definition) is 1. The van der Waals surface area contributed by atoms with Crippen LogP contribution in [0.25, 0.3) is 4.91 Å². The van der Waals surface area contributed by atoms with Gasteiger partial charge in [-0.1, -0.05) is 67.1 Å². The van der Waals surface area contributed by atoms with E-state index < -0.39 is 43.4 Å². The molecule has 0 bridgehead atoms. The predicted octanol–water partition coefficient (Wildman–Crippen LogP) is 6.27. The summed E-state index contributed by atoms with van der Waals surface area (Å²) in [5, 5.41) is 0.613. The number of sulfonamides is 1. The first kappa shape index (κ1) is 30.6. The lowest BCUT2D eigenvalue weighted by Gasteiger charge is -2.32. The number of benzene rings is 2. The number of halogens is 1. The summed E-state index contributed by atoms with van der Waals surface area (Å²) in [5.74, 6) is -0.900. The first-order valence-electron chi connectivity index (χ1n) is 14.0. The van der Waals surface area contributed by atoms with Gasteiger partial charge in [0.1, 0.15) is 15.7 Å². The minimum atomic E-state index is -4.03. The molecule has 5 atom stereocenters. The second-order valence-electron chi connectivity index (χ2n) is 12.2. The van der Waals surface area contributed by atoms with E-state index in [1.165, 1.54) is 11.8 Å². The van der Waals surface area contributed by atoms with Crippen LogP contribution in [-0.2, 0) is 34.4 Å². The van der Waals surface area contributed by atoms with Crippen LogP contribution in [0.3, 0.4) is 0 Å². The zero-order valence-electron chi connectivity index (χ0n) is 23.9. The first-order valence-corrected chi connectivity index (χ1v) is 16.9. The molecule has 0 amide bonds. The van der Waals surface area contributed by atoms with Crippen molar-refractivity contribution < 1.29 is 27.4 Å². The van der Waals surface area contributed by atoms with Gasteiger partial charge in [-0.15, -0.1) is 11.8 Å². The third kappa shape index (κ3) is 6.40. The molecule has 2 fully saturated rings. The average Bonchev–Trinajstić information content (AvgIpc) is 3.40. The molecule has 5 rings (SSSR count). The molecule has 2 aromatic rings. The van der Waals surface area contributed by atoms with E-state index in [1.54, 1.807) is 32.9 Å². The largest absolute Gasteiger partial charge is 0.459 e. The van der Waals surface area contributed by atoms with Gasteiger partial charge in [-0.25, -0.2) is 13.2 Å². The number of hydrogen-bond acceptors (Lipinski definition) is 7.